The Balaban J connectivity index is 2.68. The minimum Gasteiger partial charge on any atom is -0.476 e. The van der Waals surface area contributed by atoms with Crippen LogP contribution in [0.5, 0.6) is 0 Å². The van der Waals surface area contributed by atoms with Gasteiger partial charge >= 0.3 is 5.97 Å². The molecule has 0 bridgehead atoms. The molecular weight excluding hydrogens is 242 g/mol. The fourth-order valence-electron chi connectivity index (χ4n) is 2.04. The highest BCUT2D eigenvalue weighted by molar-refractivity contribution is 5.87. The first-order valence-electron chi connectivity index (χ1n) is 6.07. The Morgan fingerprint density at radius 3 is 2.53 bits per heavy atom. The number of hydrogen-bond acceptors (Lipinski definition) is 3. The first kappa shape index (κ1) is 13.3. The maximum absolute atomic E-state index is 11.3. The number of aromatic carboxylic acids is 1. The van der Waals surface area contributed by atoms with E-state index in [0.717, 1.165) is 11.3 Å². The molecule has 0 amide bonds. The molecule has 0 radical (unpaired) electrons. The van der Waals surface area contributed by atoms with Gasteiger partial charge in [0.15, 0.2) is 5.69 Å². The summed E-state index contributed by atoms with van der Waals surface area (Å²) in [4.78, 5) is 11.3. The minimum atomic E-state index is -1.05. The number of benzene rings is 1. The van der Waals surface area contributed by atoms with Crippen LogP contribution in [0, 0.1) is 6.92 Å². The summed E-state index contributed by atoms with van der Waals surface area (Å²) in [6, 6.07) is 7.74. The number of carbonyl (C=O) groups is 1. The summed E-state index contributed by atoms with van der Waals surface area (Å²) in [7, 11) is 0. The lowest BCUT2D eigenvalue weighted by atomic mass is 9.90. The van der Waals surface area contributed by atoms with Crippen LogP contribution >= 0.6 is 0 Å². The molecule has 0 spiro atoms. The van der Waals surface area contributed by atoms with E-state index in [4.69, 9.17) is 0 Å². The van der Waals surface area contributed by atoms with E-state index in [1.54, 1.807) is 4.68 Å². The van der Waals surface area contributed by atoms with E-state index in [9.17, 15) is 9.90 Å². The molecule has 2 rings (SSSR count). The van der Waals surface area contributed by atoms with Crippen molar-refractivity contribution in [2.45, 2.75) is 33.1 Å². The van der Waals surface area contributed by atoms with E-state index in [0.29, 0.717) is 5.69 Å². The molecule has 100 valence electrons. The molecule has 1 N–H and O–H groups in total. The smallest absolute Gasteiger partial charge is 0.358 e. The van der Waals surface area contributed by atoms with Gasteiger partial charge in [0.2, 0.25) is 0 Å². The van der Waals surface area contributed by atoms with E-state index >= 15 is 0 Å². The Hall–Kier alpha value is -2.17. The number of aromatic nitrogens is 3. The molecule has 0 aliphatic carbocycles. The normalized spacial score (nSPS) is 11.6. The van der Waals surface area contributed by atoms with Crippen LogP contribution in [-0.4, -0.2) is 26.1 Å². The van der Waals surface area contributed by atoms with Crippen LogP contribution < -0.4 is 0 Å². The van der Waals surface area contributed by atoms with Crippen molar-refractivity contribution < 1.29 is 9.90 Å². The van der Waals surface area contributed by atoms with Crippen LogP contribution in [-0.2, 0) is 5.41 Å². The van der Waals surface area contributed by atoms with Crippen LogP contribution in [0.1, 0.15) is 42.5 Å². The fourth-order valence-corrected chi connectivity index (χ4v) is 2.04. The van der Waals surface area contributed by atoms with Gasteiger partial charge in [-0.15, -0.1) is 5.10 Å². The topological polar surface area (TPSA) is 68.0 Å². The van der Waals surface area contributed by atoms with Crippen LogP contribution in [0.15, 0.2) is 24.3 Å². The average molecular weight is 259 g/mol. The van der Waals surface area contributed by atoms with E-state index in [-0.39, 0.29) is 11.1 Å². The molecule has 0 aliphatic heterocycles. The highest BCUT2D eigenvalue weighted by Crippen LogP contribution is 2.27. The number of aryl methyl sites for hydroxylation is 1. The molecule has 0 fully saturated rings. The maximum Gasteiger partial charge on any atom is 0.358 e. The summed E-state index contributed by atoms with van der Waals surface area (Å²) < 4.78 is 1.61. The molecule has 1 heterocycles. The van der Waals surface area contributed by atoms with Crippen LogP contribution in [0.2, 0.25) is 0 Å². The number of carboxylic acids is 1. The molecule has 1 aromatic heterocycles. The van der Waals surface area contributed by atoms with Crippen LogP contribution in [0.3, 0.4) is 0 Å². The number of nitrogens with zero attached hydrogens (tertiary/aromatic N) is 3. The molecular formula is C14H17N3O2. The molecule has 0 atom stereocenters. The number of rotatable bonds is 2. The van der Waals surface area contributed by atoms with Gasteiger partial charge in [-0.1, -0.05) is 38.1 Å². The van der Waals surface area contributed by atoms with E-state index in [1.807, 2.05) is 52.0 Å². The largest absolute Gasteiger partial charge is 0.476 e. The van der Waals surface area contributed by atoms with Gasteiger partial charge in [-0.2, -0.15) is 0 Å². The highest BCUT2D eigenvalue weighted by atomic mass is 16.4. The van der Waals surface area contributed by atoms with Crippen molar-refractivity contribution in [3.05, 3.63) is 41.2 Å². The van der Waals surface area contributed by atoms with Crippen molar-refractivity contribution in [1.82, 2.24) is 15.0 Å². The Morgan fingerprint density at radius 2 is 2.00 bits per heavy atom. The van der Waals surface area contributed by atoms with Gasteiger partial charge in [-0.05, 0) is 24.6 Å². The highest BCUT2D eigenvalue weighted by Gasteiger charge is 2.29. The van der Waals surface area contributed by atoms with Crippen LogP contribution in [0.25, 0.3) is 5.69 Å². The molecule has 2 aromatic rings. The van der Waals surface area contributed by atoms with Crippen molar-refractivity contribution in [2.24, 2.45) is 0 Å². The second kappa shape index (κ2) is 4.50. The summed E-state index contributed by atoms with van der Waals surface area (Å²) in [5, 5.41) is 17.0. The predicted octanol–water partition coefficient (Wildman–Crippen LogP) is 2.57. The van der Waals surface area contributed by atoms with Crippen molar-refractivity contribution in [3.8, 4) is 5.69 Å². The molecule has 0 saturated heterocycles. The van der Waals surface area contributed by atoms with Crippen LogP contribution in [0.4, 0.5) is 0 Å². The SMILES string of the molecule is Cc1cccc(-n2nnc(C(=O)O)c2C(C)(C)C)c1. The van der Waals surface area contributed by atoms with Crippen molar-refractivity contribution in [2.75, 3.05) is 0 Å². The maximum atomic E-state index is 11.3. The summed E-state index contributed by atoms with van der Waals surface area (Å²) in [5.41, 5.74) is 2.16. The van der Waals surface area contributed by atoms with Crippen molar-refractivity contribution in [1.29, 1.82) is 0 Å². The van der Waals surface area contributed by atoms with Gasteiger partial charge in [0.25, 0.3) is 0 Å². The van der Waals surface area contributed by atoms with Gasteiger partial charge in [-0.3, -0.25) is 0 Å². The molecule has 0 unspecified atom stereocenters. The first-order valence-corrected chi connectivity index (χ1v) is 6.07. The zero-order valence-corrected chi connectivity index (χ0v) is 11.5. The van der Waals surface area contributed by atoms with Crippen molar-refractivity contribution >= 4 is 5.97 Å². The summed E-state index contributed by atoms with van der Waals surface area (Å²) in [5.74, 6) is -1.05. The lowest BCUT2D eigenvalue weighted by Gasteiger charge is -2.20. The molecule has 5 heteroatoms. The monoisotopic (exact) mass is 259 g/mol. The van der Waals surface area contributed by atoms with Gasteiger partial charge in [0.05, 0.1) is 11.4 Å². The summed E-state index contributed by atoms with van der Waals surface area (Å²) >= 11 is 0. The zero-order valence-electron chi connectivity index (χ0n) is 11.5. The van der Waals surface area contributed by atoms with E-state index < -0.39 is 5.97 Å². The van der Waals surface area contributed by atoms with Gasteiger partial charge in [0.1, 0.15) is 0 Å². The van der Waals surface area contributed by atoms with Gasteiger partial charge in [0, 0.05) is 5.41 Å². The Labute approximate surface area is 111 Å². The number of hydrogen-bond donors (Lipinski definition) is 1. The average Bonchev–Trinajstić information content (AvgIpc) is 2.73. The third-order valence-electron chi connectivity index (χ3n) is 2.83. The third kappa shape index (κ3) is 2.50. The van der Waals surface area contributed by atoms with Gasteiger partial charge in [-0.25, -0.2) is 9.48 Å². The molecule has 0 saturated carbocycles. The fraction of sp³-hybridized carbons (Fsp3) is 0.357. The molecule has 19 heavy (non-hydrogen) atoms. The molecule has 1 aromatic carbocycles. The van der Waals surface area contributed by atoms with Crippen molar-refractivity contribution in [3.63, 3.8) is 0 Å². The van der Waals surface area contributed by atoms with E-state index in [2.05, 4.69) is 10.3 Å². The van der Waals surface area contributed by atoms with E-state index in [1.165, 1.54) is 0 Å². The Bertz CT molecular complexity index is 624. The predicted molar refractivity (Wildman–Crippen MR) is 71.8 cm³/mol. The Kier molecular flexibility index (Phi) is 3.14. The second-order valence-electron chi connectivity index (χ2n) is 5.59. The summed E-state index contributed by atoms with van der Waals surface area (Å²) in [6.45, 7) is 7.83. The lowest BCUT2D eigenvalue weighted by Crippen LogP contribution is -2.21. The zero-order chi connectivity index (χ0) is 14.2. The third-order valence-corrected chi connectivity index (χ3v) is 2.83. The number of carboxylic acid groups (broad SMARTS) is 1. The standard InChI is InChI=1S/C14H17N3O2/c1-9-6-5-7-10(8-9)17-12(14(2,3)4)11(13(18)19)15-16-17/h5-8H,1-4H3,(H,18,19). The first-order chi connectivity index (χ1) is 8.80. The second-order valence-corrected chi connectivity index (χ2v) is 5.59. The quantitative estimate of drug-likeness (QED) is 0.900. The molecule has 5 nitrogen and oxygen atoms in total. The molecule has 0 aliphatic rings. The van der Waals surface area contributed by atoms with Gasteiger partial charge < -0.3 is 5.11 Å². The summed E-state index contributed by atoms with van der Waals surface area (Å²) in [6.07, 6.45) is 0. The lowest BCUT2D eigenvalue weighted by molar-refractivity contribution is 0.0687. The Morgan fingerprint density at radius 1 is 1.32 bits per heavy atom. The minimum absolute atomic E-state index is 0.00834.